The van der Waals surface area contributed by atoms with Crippen molar-refractivity contribution in [3.05, 3.63) is 34.7 Å². The lowest BCUT2D eigenvalue weighted by atomic mass is 10.2. The summed E-state index contributed by atoms with van der Waals surface area (Å²) in [5, 5.41) is 6.07. The fourth-order valence-corrected chi connectivity index (χ4v) is 3.69. The number of ether oxygens (including phenoxy) is 1. The van der Waals surface area contributed by atoms with Crippen LogP contribution in [0, 0.1) is 0 Å². The van der Waals surface area contributed by atoms with E-state index in [9.17, 15) is 4.79 Å². The molecule has 0 atom stereocenters. The van der Waals surface area contributed by atoms with E-state index in [4.69, 9.17) is 9.72 Å². The Morgan fingerprint density at radius 2 is 1.96 bits per heavy atom. The van der Waals surface area contributed by atoms with Gasteiger partial charge in [0.15, 0.2) is 0 Å². The largest absolute Gasteiger partial charge is 0.497 e. The summed E-state index contributed by atoms with van der Waals surface area (Å²) < 4.78 is 5.19. The van der Waals surface area contributed by atoms with Gasteiger partial charge in [-0.05, 0) is 31.2 Å². The SMILES string of the molecule is CCNC(=O)N1CCN(Cc2nc(-c3ccc(OC)cc3)cs2)CC1. The Morgan fingerprint density at radius 3 is 2.60 bits per heavy atom. The van der Waals surface area contributed by atoms with Crippen LogP contribution in [-0.2, 0) is 6.54 Å². The molecule has 2 amide bonds. The molecular formula is C18H24N4O2S. The number of hydrogen-bond donors (Lipinski definition) is 1. The molecule has 1 saturated heterocycles. The summed E-state index contributed by atoms with van der Waals surface area (Å²) in [6.45, 7) is 6.75. The normalized spacial score (nSPS) is 15.2. The highest BCUT2D eigenvalue weighted by Crippen LogP contribution is 2.25. The van der Waals surface area contributed by atoms with Crippen LogP contribution in [-0.4, -0.2) is 60.6 Å². The second kappa shape index (κ2) is 8.31. The van der Waals surface area contributed by atoms with Gasteiger partial charge in [-0.15, -0.1) is 11.3 Å². The number of hydrogen-bond acceptors (Lipinski definition) is 5. The fourth-order valence-electron chi connectivity index (χ4n) is 2.84. The zero-order valence-electron chi connectivity index (χ0n) is 14.7. The van der Waals surface area contributed by atoms with Gasteiger partial charge in [0.1, 0.15) is 10.8 Å². The van der Waals surface area contributed by atoms with Gasteiger partial charge < -0.3 is 15.0 Å². The summed E-state index contributed by atoms with van der Waals surface area (Å²) in [6, 6.07) is 8.01. The van der Waals surface area contributed by atoms with Gasteiger partial charge in [0, 0.05) is 43.7 Å². The predicted molar refractivity (Wildman–Crippen MR) is 100 cm³/mol. The highest BCUT2D eigenvalue weighted by atomic mass is 32.1. The van der Waals surface area contributed by atoms with Crippen molar-refractivity contribution in [3.8, 4) is 17.0 Å². The fraction of sp³-hybridized carbons (Fsp3) is 0.444. The lowest BCUT2D eigenvalue weighted by Gasteiger charge is -2.34. The molecule has 1 aromatic heterocycles. The van der Waals surface area contributed by atoms with E-state index in [-0.39, 0.29) is 6.03 Å². The number of piperazine rings is 1. The number of carbonyl (C=O) groups excluding carboxylic acids is 1. The standard InChI is InChI=1S/C18H24N4O2S/c1-3-19-18(23)22-10-8-21(9-11-22)12-17-20-16(13-25-17)14-4-6-15(24-2)7-5-14/h4-7,13H,3,8-12H2,1-2H3,(H,19,23). The van der Waals surface area contributed by atoms with Crippen LogP contribution in [0.15, 0.2) is 29.6 Å². The van der Waals surface area contributed by atoms with Crippen molar-refractivity contribution in [2.75, 3.05) is 39.8 Å². The molecule has 0 aliphatic carbocycles. The van der Waals surface area contributed by atoms with E-state index >= 15 is 0 Å². The minimum Gasteiger partial charge on any atom is -0.497 e. The molecule has 1 aromatic carbocycles. The van der Waals surface area contributed by atoms with E-state index in [1.54, 1.807) is 18.4 Å². The van der Waals surface area contributed by atoms with Gasteiger partial charge >= 0.3 is 6.03 Å². The molecule has 1 fully saturated rings. The molecular weight excluding hydrogens is 336 g/mol. The number of thiazole rings is 1. The van der Waals surface area contributed by atoms with E-state index in [2.05, 4.69) is 15.6 Å². The van der Waals surface area contributed by atoms with Crippen LogP contribution in [0.1, 0.15) is 11.9 Å². The monoisotopic (exact) mass is 360 g/mol. The molecule has 0 unspecified atom stereocenters. The van der Waals surface area contributed by atoms with Crippen molar-refractivity contribution >= 4 is 17.4 Å². The number of methoxy groups -OCH3 is 1. The lowest BCUT2D eigenvalue weighted by Crippen LogP contribution is -2.51. The topological polar surface area (TPSA) is 57.7 Å². The third kappa shape index (κ3) is 4.49. The maximum absolute atomic E-state index is 11.8. The molecule has 0 radical (unpaired) electrons. The molecule has 2 heterocycles. The number of nitrogens with zero attached hydrogens (tertiary/aromatic N) is 3. The first-order valence-electron chi connectivity index (χ1n) is 8.53. The van der Waals surface area contributed by atoms with Gasteiger partial charge in [-0.2, -0.15) is 0 Å². The van der Waals surface area contributed by atoms with Crippen LogP contribution in [0.2, 0.25) is 0 Å². The second-order valence-electron chi connectivity index (χ2n) is 5.95. The third-order valence-electron chi connectivity index (χ3n) is 4.28. The van der Waals surface area contributed by atoms with E-state index in [0.717, 1.165) is 54.7 Å². The predicted octanol–water partition coefficient (Wildman–Crippen LogP) is 2.67. The molecule has 0 bridgehead atoms. The lowest BCUT2D eigenvalue weighted by molar-refractivity contribution is 0.135. The summed E-state index contributed by atoms with van der Waals surface area (Å²) in [6.07, 6.45) is 0. The smallest absolute Gasteiger partial charge is 0.317 e. The quantitative estimate of drug-likeness (QED) is 0.891. The van der Waals surface area contributed by atoms with Crippen LogP contribution in [0.25, 0.3) is 11.3 Å². The first-order chi connectivity index (χ1) is 12.2. The number of rotatable bonds is 5. The summed E-state index contributed by atoms with van der Waals surface area (Å²) in [5.74, 6) is 0.851. The van der Waals surface area contributed by atoms with Crippen LogP contribution in [0.3, 0.4) is 0 Å². The summed E-state index contributed by atoms with van der Waals surface area (Å²) in [4.78, 5) is 20.8. The minimum absolute atomic E-state index is 0.0400. The van der Waals surface area contributed by atoms with E-state index in [1.165, 1.54) is 0 Å². The highest BCUT2D eigenvalue weighted by molar-refractivity contribution is 7.09. The summed E-state index contributed by atoms with van der Waals surface area (Å²) in [5.41, 5.74) is 2.10. The van der Waals surface area contributed by atoms with Gasteiger partial charge in [-0.1, -0.05) is 0 Å². The number of amides is 2. The first-order valence-corrected chi connectivity index (χ1v) is 9.41. The van der Waals surface area contributed by atoms with Gasteiger partial charge in [0.05, 0.1) is 19.3 Å². The van der Waals surface area contributed by atoms with Crippen molar-refractivity contribution in [2.24, 2.45) is 0 Å². The van der Waals surface area contributed by atoms with Crippen LogP contribution < -0.4 is 10.1 Å². The zero-order valence-corrected chi connectivity index (χ0v) is 15.5. The van der Waals surface area contributed by atoms with Crippen molar-refractivity contribution in [1.82, 2.24) is 20.1 Å². The van der Waals surface area contributed by atoms with Crippen molar-refractivity contribution in [1.29, 1.82) is 0 Å². The van der Waals surface area contributed by atoms with E-state index in [1.807, 2.05) is 36.1 Å². The highest BCUT2D eigenvalue weighted by Gasteiger charge is 2.21. The molecule has 1 aliphatic heterocycles. The molecule has 25 heavy (non-hydrogen) atoms. The molecule has 6 nitrogen and oxygen atoms in total. The molecule has 2 aromatic rings. The summed E-state index contributed by atoms with van der Waals surface area (Å²) >= 11 is 1.69. The van der Waals surface area contributed by atoms with Crippen LogP contribution in [0.4, 0.5) is 4.79 Å². The Bertz CT molecular complexity index is 693. The van der Waals surface area contributed by atoms with Crippen LogP contribution >= 0.6 is 11.3 Å². The molecule has 0 saturated carbocycles. The third-order valence-corrected chi connectivity index (χ3v) is 5.12. The molecule has 134 valence electrons. The molecule has 7 heteroatoms. The molecule has 3 rings (SSSR count). The number of carbonyl (C=O) groups is 1. The average Bonchev–Trinajstić information content (AvgIpc) is 3.11. The minimum atomic E-state index is 0.0400. The zero-order chi connectivity index (χ0) is 17.6. The van der Waals surface area contributed by atoms with Gasteiger partial charge in [-0.25, -0.2) is 9.78 Å². The Hall–Kier alpha value is -2.12. The van der Waals surface area contributed by atoms with E-state index < -0.39 is 0 Å². The first kappa shape index (κ1) is 17.7. The Balaban J connectivity index is 1.54. The van der Waals surface area contributed by atoms with Gasteiger partial charge in [0.25, 0.3) is 0 Å². The Morgan fingerprint density at radius 1 is 1.24 bits per heavy atom. The van der Waals surface area contributed by atoms with Crippen molar-refractivity contribution < 1.29 is 9.53 Å². The van der Waals surface area contributed by atoms with Crippen molar-refractivity contribution in [3.63, 3.8) is 0 Å². The second-order valence-corrected chi connectivity index (χ2v) is 6.90. The average molecular weight is 360 g/mol. The van der Waals surface area contributed by atoms with Gasteiger partial charge in [-0.3, -0.25) is 4.90 Å². The van der Waals surface area contributed by atoms with Crippen LogP contribution in [0.5, 0.6) is 5.75 Å². The van der Waals surface area contributed by atoms with E-state index in [0.29, 0.717) is 6.54 Å². The Labute approximate surface area is 152 Å². The molecule has 1 aliphatic rings. The number of benzene rings is 1. The number of urea groups is 1. The van der Waals surface area contributed by atoms with Gasteiger partial charge in [0.2, 0.25) is 0 Å². The Kier molecular flexibility index (Phi) is 5.88. The molecule has 0 spiro atoms. The van der Waals surface area contributed by atoms with Crippen molar-refractivity contribution in [2.45, 2.75) is 13.5 Å². The number of nitrogens with one attached hydrogen (secondary N) is 1. The maximum atomic E-state index is 11.8. The maximum Gasteiger partial charge on any atom is 0.317 e. The summed E-state index contributed by atoms with van der Waals surface area (Å²) in [7, 11) is 1.67. The number of aromatic nitrogens is 1. The molecule has 1 N–H and O–H groups in total.